The van der Waals surface area contributed by atoms with E-state index in [0.717, 1.165) is 0 Å². The van der Waals surface area contributed by atoms with E-state index in [4.69, 9.17) is 11.6 Å². The average molecular weight is 312 g/mol. The third-order valence-corrected chi connectivity index (χ3v) is 3.11. The summed E-state index contributed by atoms with van der Waals surface area (Å²) in [7, 11) is 1.29. The second kappa shape index (κ2) is 8.42. The van der Waals surface area contributed by atoms with Crippen LogP contribution in [0.3, 0.4) is 0 Å². The zero-order valence-corrected chi connectivity index (χ0v) is 12.8. The summed E-state index contributed by atoms with van der Waals surface area (Å²) in [5, 5.41) is 3.20. The van der Waals surface area contributed by atoms with Crippen molar-refractivity contribution in [2.45, 2.75) is 32.2 Å². The monoisotopic (exact) mass is 311 g/mol. The van der Waals surface area contributed by atoms with Crippen LogP contribution in [-0.2, 0) is 14.3 Å². The molecule has 0 spiro atoms. The number of carbonyl (C=O) groups excluding carboxylic acids is 3. The summed E-state index contributed by atoms with van der Waals surface area (Å²) < 4.78 is 4.51. The van der Waals surface area contributed by atoms with Gasteiger partial charge in [0.1, 0.15) is 0 Å². The molecule has 0 bridgehead atoms. The van der Waals surface area contributed by atoms with E-state index in [0.29, 0.717) is 10.6 Å². The summed E-state index contributed by atoms with van der Waals surface area (Å²) in [4.78, 5) is 34.6. The lowest BCUT2D eigenvalue weighted by Gasteiger charge is -2.12. The first kappa shape index (κ1) is 17.2. The lowest BCUT2D eigenvalue weighted by Crippen LogP contribution is -2.34. The van der Waals surface area contributed by atoms with Gasteiger partial charge < -0.3 is 10.1 Å². The molecule has 0 radical (unpaired) electrons. The molecule has 1 atom stereocenters. The molecule has 6 heteroatoms. The quantitative estimate of drug-likeness (QED) is 0.620. The number of hydrogen-bond acceptors (Lipinski definition) is 4. The Balaban J connectivity index is 2.37. The van der Waals surface area contributed by atoms with Gasteiger partial charge >= 0.3 is 5.97 Å². The van der Waals surface area contributed by atoms with Gasteiger partial charge in [0.05, 0.1) is 13.5 Å². The number of amides is 1. The Hall–Kier alpha value is -1.88. The van der Waals surface area contributed by atoms with Crippen LogP contribution in [0, 0.1) is 0 Å². The molecule has 0 heterocycles. The van der Waals surface area contributed by atoms with E-state index >= 15 is 0 Å². The molecule has 0 aliphatic heterocycles. The number of carbonyl (C=O) groups is 3. The highest BCUT2D eigenvalue weighted by Gasteiger charge is 2.14. The van der Waals surface area contributed by atoms with Crippen molar-refractivity contribution in [3.8, 4) is 0 Å². The number of ketones is 1. The van der Waals surface area contributed by atoms with Gasteiger partial charge in [0.25, 0.3) is 0 Å². The van der Waals surface area contributed by atoms with E-state index in [2.05, 4.69) is 10.1 Å². The van der Waals surface area contributed by atoms with Gasteiger partial charge in [-0.3, -0.25) is 14.4 Å². The molecule has 1 aromatic carbocycles. The maximum Gasteiger partial charge on any atom is 0.307 e. The zero-order valence-electron chi connectivity index (χ0n) is 12.0. The number of nitrogens with one attached hydrogen (secondary N) is 1. The first-order valence-electron chi connectivity index (χ1n) is 6.57. The van der Waals surface area contributed by atoms with Crippen molar-refractivity contribution in [1.29, 1.82) is 0 Å². The molecular formula is C15H18ClNO4. The molecule has 1 rings (SSSR count). The van der Waals surface area contributed by atoms with Crippen LogP contribution in [0.5, 0.6) is 0 Å². The van der Waals surface area contributed by atoms with Crippen molar-refractivity contribution in [2.24, 2.45) is 0 Å². The molecule has 1 amide bonds. The van der Waals surface area contributed by atoms with Crippen LogP contribution in [0.2, 0.25) is 5.02 Å². The Morgan fingerprint density at radius 2 is 1.81 bits per heavy atom. The normalized spacial score (nSPS) is 11.6. The first-order chi connectivity index (χ1) is 9.92. The van der Waals surface area contributed by atoms with Crippen LogP contribution >= 0.6 is 11.6 Å². The number of halogens is 1. The minimum absolute atomic E-state index is 0.0764. The maximum absolute atomic E-state index is 11.9. The third-order valence-electron chi connectivity index (χ3n) is 2.85. The Morgan fingerprint density at radius 3 is 2.38 bits per heavy atom. The van der Waals surface area contributed by atoms with Crippen LogP contribution in [-0.4, -0.2) is 30.8 Å². The van der Waals surface area contributed by atoms with E-state index < -0.39 is 0 Å². The van der Waals surface area contributed by atoms with Gasteiger partial charge in [-0.25, -0.2) is 0 Å². The van der Waals surface area contributed by atoms with E-state index in [1.165, 1.54) is 7.11 Å². The highest BCUT2D eigenvalue weighted by Crippen LogP contribution is 2.11. The molecule has 1 N–H and O–H groups in total. The lowest BCUT2D eigenvalue weighted by atomic mass is 10.1. The zero-order chi connectivity index (χ0) is 15.8. The van der Waals surface area contributed by atoms with E-state index in [9.17, 15) is 14.4 Å². The smallest absolute Gasteiger partial charge is 0.307 e. The van der Waals surface area contributed by atoms with E-state index in [1.807, 2.05) is 0 Å². The predicted molar refractivity (Wildman–Crippen MR) is 79.3 cm³/mol. The Kier molecular flexibility index (Phi) is 6.88. The first-order valence-corrected chi connectivity index (χ1v) is 6.95. The van der Waals surface area contributed by atoms with Gasteiger partial charge in [-0.1, -0.05) is 11.6 Å². The number of ether oxygens (including phenoxy) is 1. The standard InChI is InChI=1S/C15H18ClNO4/c1-10(9-15(20)21-2)17-14(19)8-7-13(18)11-3-5-12(16)6-4-11/h3-6,10H,7-9H2,1-2H3,(H,17,19)/t10-/m0/s1. The summed E-state index contributed by atoms with van der Waals surface area (Å²) in [5.41, 5.74) is 0.523. The van der Waals surface area contributed by atoms with Gasteiger partial charge in [-0.05, 0) is 31.2 Å². The second-order valence-electron chi connectivity index (χ2n) is 4.68. The van der Waals surface area contributed by atoms with Crippen LogP contribution < -0.4 is 5.32 Å². The summed E-state index contributed by atoms with van der Waals surface area (Å²) in [6.45, 7) is 1.70. The van der Waals surface area contributed by atoms with Crippen molar-refractivity contribution >= 4 is 29.3 Å². The number of hydrogen-bond donors (Lipinski definition) is 1. The van der Waals surface area contributed by atoms with Gasteiger partial charge in [0, 0.05) is 29.5 Å². The van der Waals surface area contributed by atoms with Crippen molar-refractivity contribution in [3.05, 3.63) is 34.9 Å². The Morgan fingerprint density at radius 1 is 1.19 bits per heavy atom. The lowest BCUT2D eigenvalue weighted by molar-refractivity contribution is -0.141. The number of methoxy groups -OCH3 is 1. The third kappa shape index (κ3) is 6.40. The minimum Gasteiger partial charge on any atom is -0.469 e. The SMILES string of the molecule is COC(=O)C[C@H](C)NC(=O)CCC(=O)c1ccc(Cl)cc1. The van der Waals surface area contributed by atoms with Crippen LogP contribution in [0.1, 0.15) is 36.5 Å². The van der Waals surface area contributed by atoms with Crippen LogP contribution in [0.15, 0.2) is 24.3 Å². The molecule has 21 heavy (non-hydrogen) atoms. The highest BCUT2D eigenvalue weighted by atomic mass is 35.5. The summed E-state index contributed by atoms with van der Waals surface area (Å²) in [5.74, 6) is -0.781. The average Bonchev–Trinajstić information content (AvgIpc) is 2.45. The fraction of sp³-hybridized carbons (Fsp3) is 0.400. The molecule has 0 unspecified atom stereocenters. The Bertz CT molecular complexity index is 513. The molecule has 1 aromatic rings. The minimum atomic E-state index is -0.389. The summed E-state index contributed by atoms with van der Waals surface area (Å²) >= 11 is 5.74. The molecule has 0 saturated carbocycles. The second-order valence-corrected chi connectivity index (χ2v) is 5.12. The van der Waals surface area contributed by atoms with Crippen molar-refractivity contribution in [2.75, 3.05) is 7.11 Å². The molecule has 0 aliphatic carbocycles. The number of esters is 1. The number of Topliss-reactive ketones (excluding diaryl/α,β-unsaturated/α-hetero) is 1. The summed E-state index contributed by atoms with van der Waals surface area (Å²) in [6.07, 6.45) is 0.290. The fourth-order valence-corrected chi connectivity index (χ4v) is 1.86. The number of rotatable bonds is 7. The molecule has 0 saturated heterocycles. The van der Waals surface area contributed by atoms with Crippen LogP contribution in [0.25, 0.3) is 0 Å². The van der Waals surface area contributed by atoms with Crippen molar-refractivity contribution in [1.82, 2.24) is 5.32 Å². The van der Waals surface area contributed by atoms with E-state index in [1.54, 1.807) is 31.2 Å². The topological polar surface area (TPSA) is 72.5 Å². The van der Waals surface area contributed by atoms with E-state index in [-0.39, 0.29) is 43.0 Å². The summed E-state index contributed by atoms with van der Waals surface area (Å²) in [6, 6.07) is 6.20. The van der Waals surface area contributed by atoms with Gasteiger partial charge in [0.2, 0.25) is 5.91 Å². The predicted octanol–water partition coefficient (Wildman–Crippen LogP) is 2.37. The van der Waals surface area contributed by atoms with Crippen LogP contribution in [0.4, 0.5) is 0 Å². The molecule has 5 nitrogen and oxygen atoms in total. The van der Waals surface area contributed by atoms with Gasteiger partial charge in [-0.15, -0.1) is 0 Å². The fourth-order valence-electron chi connectivity index (χ4n) is 1.74. The molecule has 0 aliphatic rings. The van der Waals surface area contributed by atoms with Gasteiger partial charge in [-0.2, -0.15) is 0 Å². The Labute approximate surface area is 128 Å². The highest BCUT2D eigenvalue weighted by molar-refractivity contribution is 6.30. The van der Waals surface area contributed by atoms with Gasteiger partial charge in [0.15, 0.2) is 5.78 Å². The van der Waals surface area contributed by atoms with Crippen molar-refractivity contribution in [3.63, 3.8) is 0 Å². The molecule has 0 fully saturated rings. The molecular weight excluding hydrogens is 294 g/mol. The maximum atomic E-state index is 11.9. The molecule has 0 aromatic heterocycles. The van der Waals surface area contributed by atoms with Crippen molar-refractivity contribution < 1.29 is 19.1 Å². The largest absolute Gasteiger partial charge is 0.469 e. The molecule has 114 valence electrons. The number of benzene rings is 1.